The number of carbonyl (C=O) groups excluding carboxylic acids is 1. The van der Waals surface area contributed by atoms with Crippen molar-refractivity contribution in [3.8, 4) is 0 Å². The molecule has 0 heterocycles. The summed E-state index contributed by atoms with van der Waals surface area (Å²) >= 11 is 1.78. The van der Waals surface area contributed by atoms with Crippen molar-refractivity contribution in [3.05, 3.63) is 0 Å². The van der Waals surface area contributed by atoms with Crippen LogP contribution in [-0.2, 0) is 4.74 Å². The molecule has 0 N–H and O–H groups in total. The van der Waals surface area contributed by atoms with E-state index in [9.17, 15) is 4.79 Å². The van der Waals surface area contributed by atoms with Crippen molar-refractivity contribution >= 4 is 17.9 Å². The zero-order valence-electron chi connectivity index (χ0n) is 7.29. The molecule has 0 fully saturated rings. The molecule has 0 spiro atoms. The smallest absolute Gasteiger partial charge is 0.409 e. The Labute approximate surface area is 72.1 Å². The molecule has 0 radical (unpaired) electrons. The molecule has 3 nitrogen and oxygen atoms in total. The summed E-state index contributed by atoms with van der Waals surface area (Å²) in [5.74, 6) is 1.08. The first-order chi connectivity index (χ1) is 5.22. The van der Waals surface area contributed by atoms with Crippen molar-refractivity contribution < 1.29 is 9.53 Å². The quantitative estimate of drug-likeness (QED) is 0.608. The van der Waals surface area contributed by atoms with Crippen LogP contribution in [0.4, 0.5) is 4.79 Å². The van der Waals surface area contributed by atoms with Crippen LogP contribution in [0.1, 0.15) is 6.42 Å². The van der Waals surface area contributed by atoms with Crippen LogP contribution < -0.4 is 0 Å². The molecular formula is C7H15NO2S. The Balaban J connectivity index is 3.36. The maximum atomic E-state index is 10.8. The van der Waals surface area contributed by atoms with Crippen LogP contribution in [0.2, 0.25) is 0 Å². The number of rotatable bonds is 4. The Kier molecular flexibility index (Phi) is 6.12. The predicted molar refractivity (Wildman–Crippen MR) is 48.0 cm³/mol. The highest BCUT2D eigenvalue weighted by Crippen LogP contribution is 1.97. The third-order valence-corrected chi connectivity index (χ3v) is 2.03. The lowest BCUT2D eigenvalue weighted by atomic mass is 10.4. The second kappa shape index (κ2) is 6.34. The van der Waals surface area contributed by atoms with Crippen LogP contribution in [0.15, 0.2) is 0 Å². The summed E-state index contributed by atoms with van der Waals surface area (Å²) in [7, 11) is 3.14. The molecule has 0 aromatic heterocycles. The first kappa shape index (κ1) is 10.6. The molecule has 66 valence electrons. The van der Waals surface area contributed by atoms with E-state index in [1.165, 1.54) is 7.11 Å². The molecule has 0 aliphatic heterocycles. The maximum Gasteiger partial charge on any atom is 0.409 e. The molecular weight excluding hydrogens is 162 g/mol. The number of nitrogens with zero attached hydrogens (tertiary/aromatic N) is 1. The van der Waals surface area contributed by atoms with Crippen molar-refractivity contribution in [2.75, 3.05) is 32.7 Å². The van der Waals surface area contributed by atoms with Gasteiger partial charge in [0.05, 0.1) is 7.11 Å². The fourth-order valence-electron chi connectivity index (χ4n) is 0.693. The molecule has 0 aliphatic rings. The molecule has 0 unspecified atom stereocenters. The summed E-state index contributed by atoms with van der Waals surface area (Å²) < 4.78 is 4.52. The Morgan fingerprint density at radius 2 is 2.27 bits per heavy atom. The Hall–Kier alpha value is -0.380. The van der Waals surface area contributed by atoms with Gasteiger partial charge in [-0.2, -0.15) is 11.8 Å². The first-order valence-corrected chi connectivity index (χ1v) is 4.89. The van der Waals surface area contributed by atoms with E-state index in [2.05, 4.69) is 11.0 Å². The van der Waals surface area contributed by atoms with Crippen LogP contribution in [0, 0.1) is 0 Å². The Morgan fingerprint density at radius 3 is 2.73 bits per heavy atom. The number of hydrogen-bond acceptors (Lipinski definition) is 3. The van der Waals surface area contributed by atoms with Gasteiger partial charge in [-0.25, -0.2) is 4.79 Å². The minimum atomic E-state index is -0.258. The summed E-state index contributed by atoms with van der Waals surface area (Å²) in [6, 6.07) is 0. The van der Waals surface area contributed by atoms with Gasteiger partial charge in [0.15, 0.2) is 0 Å². The molecule has 0 aromatic rings. The van der Waals surface area contributed by atoms with Gasteiger partial charge in [0.2, 0.25) is 0 Å². The minimum absolute atomic E-state index is 0.258. The normalized spacial score (nSPS) is 9.36. The van der Waals surface area contributed by atoms with E-state index in [1.807, 2.05) is 0 Å². The molecule has 0 atom stereocenters. The second-order valence-corrected chi connectivity index (χ2v) is 3.22. The van der Waals surface area contributed by atoms with Gasteiger partial charge in [-0.3, -0.25) is 0 Å². The predicted octanol–water partition coefficient (Wildman–Crippen LogP) is 1.44. The van der Waals surface area contributed by atoms with Gasteiger partial charge >= 0.3 is 6.09 Å². The van der Waals surface area contributed by atoms with E-state index in [1.54, 1.807) is 23.7 Å². The second-order valence-electron chi connectivity index (χ2n) is 2.24. The standard InChI is InChI=1S/C7H15NO2S/c1-8(7(9)10-2)5-4-6-11-3/h4-6H2,1-3H3. The van der Waals surface area contributed by atoms with Gasteiger partial charge in [-0.1, -0.05) is 0 Å². The molecule has 0 rings (SSSR count). The van der Waals surface area contributed by atoms with Crippen LogP contribution in [-0.4, -0.2) is 43.7 Å². The number of thioether (sulfide) groups is 1. The average molecular weight is 177 g/mol. The lowest BCUT2D eigenvalue weighted by Crippen LogP contribution is -2.27. The molecule has 1 amide bonds. The fourth-order valence-corrected chi connectivity index (χ4v) is 1.11. The maximum absolute atomic E-state index is 10.8. The highest BCUT2D eigenvalue weighted by molar-refractivity contribution is 7.98. The number of methoxy groups -OCH3 is 1. The van der Waals surface area contributed by atoms with Crippen molar-refractivity contribution in [1.82, 2.24) is 4.90 Å². The van der Waals surface area contributed by atoms with E-state index in [4.69, 9.17) is 0 Å². The molecule has 0 saturated carbocycles. The van der Waals surface area contributed by atoms with Gasteiger partial charge in [-0.05, 0) is 18.4 Å². The van der Waals surface area contributed by atoms with E-state index >= 15 is 0 Å². The number of hydrogen-bond donors (Lipinski definition) is 0. The van der Waals surface area contributed by atoms with Gasteiger partial charge < -0.3 is 9.64 Å². The van der Waals surface area contributed by atoms with E-state index in [-0.39, 0.29) is 6.09 Å². The summed E-state index contributed by atoms with van der Waals surface area (Å²) in [4.78, 5) is 12.4. The van der Waals surface area contributed by atoms with Crippen LogP contribution >= 0.6 is 11.8 Å². The first-order valence-electron chi connectivity index (χ1n) is 3.50. The van der Waals surface area contributed by atoms with Gasteiger partial charge in [0, 0.05) is 13.6 Å². The van der Waals surface area contributed by atoms with Crippen LogP contribution in [0.5, 0.6) is 0 Å². The minimum Gasteiger partial charge on any atom is -0.453 e. The third kappa shape index (κ3) is 4.95. The van der Waals surface area contributed by atoms with Crippen LogP contribution in [0.3, 0.4) is 0 Å². The van der Waals surface area contributed by atoms with Crippen molar-refractivity contribution in [2.24, 2.45) is 0 Å². The zero-order valence-corrected chi connectivity index (χ0v) is 8.11. The number of ether oxygens (including phenoxy) is 1. The lowest BCUT2D eigenvalue weighted by Gasteiger charge is -2.14. The average Bonchev–Trinajstić information content (AvgIpc) is 2.03. The van der Waals surface area contributed by atoms with Crippen LogP contribution in [0.25, 0.3) is 0 Å². The Morgan fingerprint density at radius 1 is 1.64 bits per heavy atom. The van der Waals surface area contributed by atoms with Gasteiger partial charge in [0.1, 0.15) is 0 Å². The molecule has 4 heteroatoms. The SMILES string of the molecule is COC(=O)N(C)CCCSC. The molecule has 0 aliphatic carbocycles. The summed E-state index contributed by atoms with van der Waals surface area (Å²) in [6.45, 7) is 0.771. The van der Waals surface area contributed by atoms with E-state index in [0.717, 1.165) is 18.7 Å². The largest absolute Gasteiger partial charge is 0.453 e. The topological polar surface area (TPSA) is 29.5 Å². The molecule has 0 aromatic carbocycles. The summed E-state index contributed by atoms with van der Waals surface area (Å²) in [5, 5.41) is 0. The number of carbonyl (C=O) groups is 1. The lowest BCUT2D eigenvalue weighted by molar-refractivity contribution is 0.133. The van der Waals surface area contributed by atoms with Crippen molar-refractivity contribution in [1.29, 1.82) is 0 Å². The van der Waals surface area contributed by atoms with E-state index < -0.39 is 0 Å². The highest BCUT2D eigenvalue weighted by atomic mass is 32.2. The van der Waals surface area contributed by atoms with Gasteiger partial charge in [-0.15, -0.1) is 0 Å². The third-order valence-electron chi connectivity index (χ3n) is 1.33. The molecule has 11 heavy (non-hydrogen) atoms. The number of amides is 1. The van der Waals surface area contributed by atoms with Crippen molar-refractivity contribution in [2.45, 2.75) is 6.42 Å². The highest BCUT2D eigenvalue weighted by Gasteiger charge is 2.05. The van der Waals surface area contributed by atoms with E-state index in [0.29, 0.717) is 0 Å². The Bertz CT molecular complexity index is 119. The zero-order chi connectivity index (χ0) is 8.69. The monoisotopic (exact) mass is 177 g/mol. The summed E-state index contributed by atoms with van der Waals surface area (Å²) in [6.07, 6.45) is 2.82. The summed E-state index contributed by atoms with van der Waals surface area (Å²) in [5.41, 5.74) is 0. The molecule has 0 bridgehead atoms. The molecule has 0 saturated heterocycles. The van der Waals surface area contributed by atoms with Gasteiger partial charge in [0.25, 0.3) is 0 Å². The fraction of sp³-hybridized carbons (Fsp3) is 0.857. The van der Waals surface area contributed by atoms with Crippen molar-refractivity contribution in [3.63, 3.8) is 0 Å².